The van der Waals surface area contributed by atoms with Crippen LogP contribution >= 0.6 is 11.5 Å². The molecule has 0 radical (unpaired) electrons. The number of nitrogens with zero attached hydrogens (tertiary/aromatic N) is 2. The smallest absolute Gasteiger partial charge is 0.265 e. The Morgan fingerprint density at radius 3 is 2.77 bits per heavy atom. The molecule has 3 aromatic rings. The van der Waals surface area contributed by atoms with Crippen molar-refractivity contribution in [1.82, 2.24) is 14.9 Å². The molecule has 112 valence electrons. The van der Waals surface area contributed by atoms with Crippen LogP contribution in [0.4, 0.5) is 0 Å². The number of amides is 1. The van der Waals surface area contributed by atoms with E-state index in [9.17, 15) is 4.79 Å². The van der Waals surface area contributed by atoms with Gasteiger partial charge in [0.1, 0.15) is 16.7 Å². The van der Waals surface area contributed by atoms with Gasteiger partial charge in [0.25, 0.3) is 5.91 Å². The fraction of sp³-hybridized carbons (Fsp3) is 0.188. The average Bonchev–Trinajstić information content (AvgIpc) is 3.24. The number of carbonyl (C=O) groups is 1. The van der Waals surface area contributed by atoms with Gasteiger partial charge >= 0.3 is 0 Å². The maximum Gasteiger partial charge on any atom is 0.265 e. The molecule has 1 atom stereocenters. The molecule has 0 aliphatic rings. The Morgan fingerprint density at radius 1 is 1.27 bits per heavy atom. The number of nitrogens with one attached hydrogen (secondary N) is 1. The van der Waals surface area contributed by atoms with Crippen molar-refractivity contribution in [2.75, 3.05) is 0 Å². The van der Waals surface area contributed by atoms with Gasteiger partial charge in [-0.2, -0.15) is 0 Å². The van der Waals surface area contributed by atoms with Crippen molar-refractivity contribution in [2.24, 2.45) is 0 Å². The predicted molar refractivity (Wildman–Crippen MR) is 83.7 cm³/mol. The molecule has 0 saturated carbocycles. The largest absolute Gasteiger partial charge is 0.467 e. The van der Waals surface area contributed by atoms with E-state index in [-0.39, 0.29) is 11.9 Å². The fourth-order valence-electron chi connectivity index (χ4n) is 2.23. The monoisotopic (exact) mass is 313 g/mol. The summed E-state index contributed by atoms with van der Waals surface area (Å²) in [5, 5.41) is 6.99. The molecule has 1 unspecified atom stereocenters. The van der Waals surface area contributed by atoms with E-state index in [4.69, 9.17) is 4.42 Å². The third kappa shape index (κ3) is 2.92. The van der Waals surface area contributed by atoms with Gasteiger partial charge in [-0.15, -0.1) is 5.10 Å². The first-order valence-electron chi connectivity index (χ1n) is 7.00. The van der Waals surface area contributed by atoms with E-state index in [2.05, 4.69) is 14.9 Å². The van der Waals surface area contributed by atoms with Crippen LogP contribution in [0.15, 0.2) is 53.1 Å². The number of carbonyl (C=O) groups excluding carboxylic acids is 1. The first-order chi connectivity index (χ1) is 10.8. The lowest BCUT2D eigenvalue weighted by molar-refractivity contribution is 0.0942. The Labute approximate surface area is 132 Å². The number of hydrogen-bond acceptors (Lipinski definition) is 5. The molecule has 22 heavy (non-hydrogen) atoms. The minimum atomic E-state index is -0.337. The maximum atomic E-state index is 12.5. The Kier molecular flexibility index (Phi) is 4.29. The zero-order valence-corrected chi connectivity index (χ0v) is 12.8. The van der Waals surface area contributed by atoms with Crippen LogP contribution in [0.25, 0.3) is 0 Å². The lowest BCUT2D eigenvalue weighted by Gasteiger charge is -2.16. The summed E-state index contributed by atoms with van der Waals surface area (Å²) in [6, 6.07) is 13.0. The fourth-order valence-corrected chi connectivity index (χ4v) is 2.88. The van der Waals surface area contributed by atoms with Gasteiger partial charge in [0, 0.05) is 0 Å². The van der Waals surface area contributed by atoms with E-state index in [1.807, 2.05) is 49.4 Å². The van der Waals surface area contributed by atoms with Crippen LogP contribution in [-0.2, 0) is 6.42 Å². The maximum absolute atomic E-state index is 12.5. The summed E-state index contributed by atoms with van der Waals surface area (Å²) in [7, 11) is 0. The highest BCUT2D eigenvalue weighted by Crippen LogP contribution is 2.23. The molecule has 0 fully saturated rings. The number of hydrogen-bond donors (Lipinski definition) is 1. The molecule has 2 aromatic heterocycles. The van der Waals surface area contributed by atoms with E-state index in [1.54, 1.807) is 6.26 Å². The third-order valence-electron chi connectivity index (χ3n) is 3.33. The first-order valence-corrected chi connectivity index (χ1v) is 7.77. The summed E-state index contributed by atoms with van der Waals surface area (Å²) in [4.78, 5) is 13.1. The Balaban J connectivity index is 1.90. The number of benzene rings is 1. The molecule has 2 heterocycles. The summed E-state index contributed by atoms with van der Waals surface area (Å²) in [5.41, 5.74) is 1.68. The van der Waals surface area contributed by atoms with Crippen molar-refractivity contribution >= 4 is 17.4 Å². The minimum absolute atomic E-state index is 0.183. The second kappa shape index (κ2) is 6.53. The molecule has 1 amide bonds. The molecule has 0 bridgehead atoms. The third-order valence-corrected chi connectivity index (χ3v) is 4.10. The van der Waals surface area contributed by atoms with Crippen LogP contribution in [-0.4, -0.2) is 15.5 Å². The van der Waals surface area contributed by atoms with Crippen LogP contribution in [0.1, 0.15) is 39.7 Å². The van der Waals surface area contributed by atoms with Crippen molar-refractivity contribution in [3.63, 3.8) is 0 Å². The highest BCUT2D eigenvalue weighted by molar-refractivity contribution is 7.08. The van der Waals surface area contributed by atoms with Crippen molar-refractivity contribution in [3.8, 4) is 0 Å². The topological polar surface area (TPSA) is 68.0 Å². The second-order valence-electron chi connectivity index (χ2n) is 4.73. The van der Waals surface area contributed by atoms with Gasteiger partial charge in [0.15, 0.2) is 0 Å². The second-order valence-corrected chi connectivity index (χ2v) is 5.49. The zero-order valence-electron chi connectivity index (χ0n) is 12.0. The average molecular weight is 313 g/mol. The van der Waals surface area contributed by atoms with E-state index in [1.165, 1.54) is 0 Å². The summed E-state index contributed by atoms with van der Waals surface area (Å²) in [5.74, 6) is 0.507. The van der Waals surface area contributed by atoms with Crippen molar-refractivity contribution in [1.29, 1.82) is 0 Å². The van der Waals surface area contributed by atoms with Gasteiger partial charge in [-0.05, 0) is 35.6 Å². The molecule has 5 nitrogen and oxygen atoms in total. The quantitative estimate of drug-likeness (QED) is 0.785. The number of aryl methyl sites for hydroxylation is 1. The Morgan fingerprint density at radius 2 is 2.09 bits per heavy atom. The van der Waals surface area contributed by atoms with Gasteiger partial charge in [0.2, 0.25) is 0 Å². The highest BCUT2D eigenvalue weighted by atomic mass is 32.1. The molecule has 3 rings (SSSR count). The molecule has 1 N–H and O–H groups in total. The molecule has 6 heteroatoms. The lowest BCUT2D eigenvalue weighted by Crippen LogP contribution is -2.29. The zero-order chi connectivity index (χ0) is 15.4. The van der Waals surface area contributed by atoms with Gasteiger partial charge in [0.05, 0.1) is 12.0 Å². The van der Waals surface area contributed by atoms with Crippen molar-refractivity contribution < 1.29 is 9.21 Å². The molecule has 0 saturated heterocycles. The molecule has 0 aliphatic heterocycles. The van der Waals surface area contributed by atoms with Crippen LogP contribution in [0, 0.1) is 0 Å². The highest BCUT2D eigenvalue weighted by Gasteiger charge is 2.23. The van der Waals surface area contributed by atoms with E-state index in [0.29, 0.717) is 22.8 Å². The van der Waals surface area contributed by atoms with Crippen LogP contribution in [0.2, 0.25) is 0 Å². The van der Waals surface area contributed by atoms with Crippen molar-refractivity contribution in [3.05, 3.63) is 70.6 Å². The SMILES string of the molecule is CCc1nnsc1C(=O)NC(c1ccccc1)c1ccco1. The summed E-state index contributed by atoms with van der Waals surface area (Å²) >= 11 is 1.11. The Hall–Kier alpha value is -2.47. The first kappa shape index (κ1) is 14.5. The van der Waals surface area contributed by atoms with Crippen molar-refractivity contribution in [2.45, 2.75) is 19.4 Å². The van der Waals surface area contributed by atoms with Crippen LogP contribution < -0.4 is 5.32 Å². The summed E-state index contributed by atoms with van der Waals surface area (Å²) in [6.45, 7) is 1.95. The summed E-state index contributed by atoms with van der Waals surface area (Å²) in [6.07, 6.45) is 2.28. The lowest BCUT2D eigenvalue weighted by atomic mass is 10.0. The minimum Gasteiger partial charge on any atom is -0.467 e. The van der Waals surface area contributed by atoms with Crippen LogP contribution in [0.5, 0.6) is 0 Å². The molecular formula is C16H15N3O2S. The molecule has 1 aromatic carbocycles. The number of rotatable bonds is 5. The standard InChI is InChI=1S/C16H15N3O2S/c1-2-12-15(22-19-18-12)16(20)17-14(13-9-6-10-21-13)11-7-4-3-5-8-11/h3-10,14H,2H2,1H3,(H,17,20). The van der Waals surface area contributed by atoms with Gasteiger partial charge in [-0.1, -0.05) is 41.7 Å². The normalized spacial score (nSPS) is 12.0. The van der Waals surface area contributed by atoms with E-state index >= 15 is 0 Å². The van der Waals surface area contributed by atoms with Gasteiger partial charge in [-0.3, -0.25) is 4.79 Å². The number of furan rings is 1. The van der Waals surface area contributed by atoms with Gasteiger partial charge in [-0.25, -0.2) is 0 Å². The molecular weight excluding hydrogens is 298 g/mol. The molecule has 0 spiro atoms. The van der Waals surface area contributed by atoms with Crippen LogP contribution in [0.3, 0.4) is 0 Å². The number of aromatic nitrogens is 2. The Bertz CT molecular complexity index is 738. The molecule has 0 aliphatic carbocycles. The van der Waals surface area contributed by atoms with E-state index < -0.39 is 0 Å². The van der Waals surface area contributed by atoms with Gasteiger partial charge < -0.3 is 9.73 Å². The predicted octanol–water partition coefficient (Wildman–Crippen LogP) is 3.21. The van der Waals surface area contributed by atoms with E-state index in [0.717, 1.165) is 17.1 Å². The summed E-state index contributed by atoms with van der Waals surface area (Å²) < 4.78 is 9.35.